The number of hydrogen-bond donors (Lipinski definition) is 2. The molecule has 0 saturated carbocycles. The molecule has 0 bridgehead atoms. The molecule has 0 saturated heterocycles. The Morgan fingerprint density at radius 2 is 1.59 bits per heavy atom. The van der Waals surface area contributed by atoms with Crippen LogP contribution in [0, 0.1) is 0 Å². The number of unbranched alkanes of at least 4 members (excludes halogenated alkanes) is 5. The lowest BCUT2D eigenvalue weighted by molar-refractivity contribution is 0.254. The van der Waals surface area contributed by atoms with Gasteiger partial charge in [0, 0.05) is 5.25 Å². The molecule has 0 aliphatic carbocycles. The van der Waals surface area contributed by atoms with Crippen molar-refractivity contribution >= 4 is 18.0 Å². The predicted octanol–water partition coefficient (Wildman–Crippen LogP) is 4.22. The van der Waals surface area contributed by atoms with E-state index in [9.17, 15) is 4.79 Å². The molecule has 0 radical (unpaired) electrons. The minimum atomic E-state index is -0.427. The largest absolute Gasteiger partial charge is 0.351 e. The first-order valence-corrected chi connectivity index (χ1v) is 7.79. The maximum Gasteiger partial charge on any atom is 0.322 e. The lowest BCUT2D eigenvalue weighted by Crippen LogP contribution is -2.25. The second-order valence-corrected chi connectivity index (χ2v) is 5.66. The van der Waals surface area contributed by atoms with Crippen molar-refractivity contribution in [3.8, 4) is 0 Å². The number of nitrogens with one attached hydrogen (secondary N) is 1. The second-order valence-electron chi connectivity index (χ2n) is 4.55. The number of primary amides is 1. The van der Waals surface area contributed by atoms with Crippen LogP contribution in [0.25, 0.3) is 0 Å². The van der Waals surface area contributed by atoms with Gasteiger partial charge in [0.15, 0.2) is 0 Å². The summed E-state index contributed by atoms with van der Waals surface area (Å²) in [4.78, 5) is 10.7. The highest BCUT2D eigenvalue weighted by atomic mass is 32.2. The van der Waals surface area contributed by atoms with Crippen LogP contribution in [0.1, 0.15) is 71.6 Å². The van der Waals surface area contributed by atoms with Gasteiger partial charge in [0.2, 0.25) is 0 Å². The molecule has 4 heteroatoms. The van der Waals surface area contributed by atoms with Crippen LogP contribution in [0.2, 0.25) is 0 Å². The van der Waals surface area contributed by atoms with Crippen LogP contribution < -0.4 is 10.5 Å². The molecule has 3 nitrogen and oxygen atoms in total. The van der Waals surface area contributed by atoms with Gasteiger partial charge in [-0.15, -0.1) is 0 Å². The summed E-state index contributed by atoms with van der Waals surface area (Å²) in [6.45, 7) is 4.44. The van der Waals surface area contributed by atoms with Gasteiger partial charge in [-0.25, -0.2) is 4.79 Å². The van der Waals surface area contributed by atoms with E-state index in [-0.39, 0.29) is 0 Å². The monoisotopic (exact) mass is 260 g/mol. The Labute approximate surface area is 110 Å². The van der Waals surface area contributed by atoms with Crippen molar-refractivity contribution in [3.05, 3.63) is 0 Å². The topological polar surface area (TPSA) is 55.1 Å². The summed E-state index contributed by atoms with van der Waals surface area (Å²) in [7, 11) is 0. The fraction of sp³-hybridized carbons (Fsp3) is 0.923. The lowest BCUT2D eigenvalue weighted by Gasteiger charge is -2.15. The van der Waals surface area contributed by atoms with Crippen molar-refractivity contribution in [2.75, 3.05) is 0 Å². The number of nitrogens with two attached hydrogens (primary N) is 1. The van der Waals surface area contributed by atoms with Gasteiger partial charge in [0.25, 0.3) is 0 Å². The van der Waals surface area contributed by atoms with Gasteiger partial charge in [0.05, 0.1) is 0 Å². The van der Waals surface area contributed by atoms with Crippen LogP contribution in [0.3, 0.4) is 0 Å². The Bertz CT molecular complexity index is 188. The zero-order valence-corrected chi connectivity index (χ0v) is 12.2. The summed E-state index contributed by atoms with van der Waals surface area (Å²) in [5.41, 5.74) is 5.10. The highest BCUT2D eigenvalue weighted by Gasteiger charge is 2.10. The minimum absolute atomic E-state index is 0.427. The molecule has 0 spiro atoms. The molecule has 0 aromatic rings. The van der Waals surface area contributed by atoms with Crippen molar-refractivity contribution < 1.29 is 4.79 Å². The Hall–Kier alpha value is -0.380. The van der Waals surface area contributed by atoms with E-state index in [2.05, 4.69) is 18.6 Å². The molecule has 17 heavy (non-hydrogen) atoms. The molecule has 102 valence electrons. The van der Waals surface area contributed by atoms with E-state index in [0.29, 0.717) is 5.25 Å². The van der Waals surface area contributed by atoms with E-state index in [1.165, 1.54) is 69.7 Å². The average Bonchev–Trinajstić information content (AvgIpc) is 2.30. The van der Waals surface area contributed by atoms with Crippen LogP contribution >= 0.6 is 11.9 Å². The smallest absolute Gasteiger partial charge is 0.322 e. The molecule has 0 aromatic carbocycles. The number of urea groups is 1. The predicted molar refractivity (Wildman–Crippen MR) is 77.0 cm³/mol. The zero-order valence-electron chi connectivity index (χ0n) is 11.3. The quantitative estimate of drug-likeness (QED) is 0.431. The highest BCUT2D eigenvalue weighted by Crippen LogP contribution is 2.21. The van der Waals surface area contributed by atoms with Crippen molar-refractivity contribution in [3.63, 3.8) is 0 Å². The van der Waals surface area contributed by atoms with Gasteiger partial charge < -0.3 is 5.73 Å². The fourth-order valence-electron chi connectivity index (χ4n) is 1.82. The molecule has 0 heterocycles. The van der Waals surface area contributed by atoms with Crippen molar-refractivity contribution in [1.82, 2.24) is 4.72 Å². The van der Waals surface area contributed by atoms with E-state index in [1.54, 1.807) is 0 Å². The Balaban J connectivity index is 3.71. The molecule has 0 fully saturated rings. The van der Waals surface area contributed by atoms with E-state index in [1.807, 2.05) is 0 Å². The summed E-state index contributed by atoms with van der Waals surface area (Å²) >= 11 is 1.51. The molecular weight excluding hydrogens is 232 g/mol. The van der Waals surface area contributed by atoms with Gasteiger partial charge >= 0.3 is 6.03 Å². The van der Waals surface area contributed by atoms with Crippen LogP contribution in [0.4, 0.5) is 4.79 Å². The van der Waals surface area contributed by atoms with E-state index >= 15 is 0 Å². The van der Waals surface area contributed by atoms with Gasteiger partial charge in [-0.2, -0.15) is 0 Å². The Morgan fingerprint density at radius 3 is 2.12 bits per heavy atom. The lowest BCUT2D eigenvalue weighted by atomic mass is 10.1. The summed E-state index contributed by atoms with van der Waals surface area (Å²) in [5, 5.41) is 0.533. The highest BCUT2D eigenvalue weighted by molar-refractivity contribution is 7.98. The Kier molecular flexibility index (Phi) is 11.8. The first kappa shape index (κ1) is 16.6. The standard InChI is InChI=1S/C13H28N2OS/c1-3-5-7-9-11-12(10-8-6-4-2)17-15-13(14)16/h12H,3-11H2,1-2H3,(H3,14,15,16). The van der Waals surface area contributed by atoms with Crippen molar-refractivity contribution in [1.29, 1.82) is 0 Å². The molecule has 0 aliphatic rings. The summed E-state index contributed by atoms with van der Waals surface area (Å²) in [6, 6.07) is -0.427. The minimum Gasteiger partial charge on any atom is -0.351 e. The van der Waals surface area contributed by atoms with Crippen LogP contribution in [0.15, 0.2) is 0 Å². The molecule has 0 aliphatic heterocycles. The third-order valence-electron chi connectivity index (χ3n) is 2.84. The molecule has 3 N–H and O–H groups in total. The number of rotatable bonds is 11. The zero-order chi connectivity index (χ0) is 12.9. The molecule has 0 aromatic heterocycles. The molecule has 1 unspecified atom stereocenters. The molecule has 2 amide bonds. The second kappa shape index (κ2) is 12.1. The number of amides is 2. The van der Waals surface area contributed by atoms with Gasteiger partial charge in [0.1, 0.15) is 0 Å². The van der Waals surface area contributed by atoms with E-state index in [4.69, 9.17) is 5.73 Å². The van der Waals surface area contributed by atoms with Crippen molar-refractivity contribution in [2.24, 2.45) is 5.73 Å². The molecule has 1 atom stereocenters. The van der Waals surface area contributed by atoms with E-state index in [0.717, 1.165) is 0 Å². The third kappa shape index (κ3) is 11.9. The van der Waals surface area contributed by atoms with Crippen molar-refractivity contribution in [2.45, 2.75) is 76.9 Å². The summed E-state index contributed by atoms with van der Waals surface area (Å²) < 4.78 is 2.67. The fourth-order valence-corrected chi connectivity index (χ4v) is 2.68. The van der Waals surface area contributed by atoms with E-state index < -0.39 is 6.03 Å². The summed E-state index contributed by atoms with van der Waals surface area (Å²) in [6.07, 6.45) is 11.3. The maximum atomic E-state index is 10.7. The molecular formula is C13H28N2OS. The van der Waals surface area contributed by atoms with Gasteiger partial charge in [-0.05, 0) is 24.8 Å². The van der Waals surface area contributed by atoms with Crippen LogP contribution in [-0.2, 0) is 0 Å². The van der Waals surface area contributed by atoms with Gasteiger partial charge in [-0.1, -0.05) is 58.8 Å². The number of carbonyl (C=O) groups excluding carboxylic acids is 1. The average molecular weight is 260 g/mol. The van der Waals surface area contributed by atoms with Crippen LogP contribution in [0.5, 0.6) is 0 Å². The Morgan fingerprint density at radius 1 is 1.06 bits per heavy atom. The maximum absolute atomic E-state index is 10.7. The summed E-state index contributed by atoms with van der Waals surface area (Å²) in [5.74, 6) is 0. The SMILES string of the molecule is CCCCCCC(CCCCC)SNC(N)=O. The van der Waals surface area contributed by atoms with Crippen LogP contribution in [-0.4, -0.2) is 11.3 Å². The van der Waals surface area contributed by atoms with Gasteiger partial charge in [-0.3, -0.25) is 4.72 Å². The molecule has 0 rings (SSSR count). The first-order valence-electron chi connectivity index (χ1n) is 6.91. The normalized spacial score (nSPS) is 12.4. The number of carbonyl (C=O) groups is 1. The number of hydrogen-bond acceptors (Lipinski definition) is 2. The first-order chi connectivity index (χ1) is 8.20. The third-order valence-corrected chi connectivity index (χ3v) is 3.96.